The van der Waals surface area contributed by atoms with Gasteiger partial charge in [0.05, 0.1) is 11.8 Å². The minimum atomic E-state index is -0.997. The number of carboxylic acid groups (broad SMARTS) is 1. The normalized spacial score (nSPS) is 10.8. The summed E-state index contributed by atoms with van der Waals surface area (Å²) in [4.78, 5) is 10.9. The lowest BCUT2D eigenvalue weighted by atomic mass is 10.1. The molecular weight excluding hydrogens is 240 g/mol. The fourth-order valence-corrected chi connectivity index (χ4v) is 1.40. The molecule has 0 saturated heterocycles. The summed E-state index contributed by atoms with van der Waals surface area (Å²) in [6.45, 7) is 0. The lowest BCUT2D eigenvalue weighted by molar-refractivity contribution is 0.0697. The minimum absolute atomic E-state index is 0.186. The maximum absolute atomic E-state index is 10.9. The van der Waals surface area contributed by atoms with Crippen LogP contribution in [0.4, 0.5) is 0 Å². The number of aromatic amines is 1. The van der Waals surface area contributed by atoms with E-state index < -0.39 is 5.97 Å². The summed E-state index contributed by atoms with van der Waals surface area (Å²) in [7, 11) is 0. The summed E-state index contributed by atoms with van der Waals surface area (Å²) in [6, 6.07) is 6.57. The number of nitrogens with one attached hydrogen (secondary N) is 1. The predicted octanol–water partition coefficient (Wildman–Crippen LogP) is 1.52. The van der Waals surface area contributed by atoms with Crippen LogP contribution in [0.1, 0.15) is 15.9 Å². The minimum Gasteiger partial charge on any atom is -0.478 e. The van der Waals surface area contributed by atoms with E-state index in [9.17, 15) is 4.79 Å². The van der Waals surface area contributed by atoms with E-state index in [0.29, 0.717) is 10.3 Å². The number of hydrogen-bond donors (Lipinski definition) is 2. The van der Waals surface area contributed by atoms with Gasteiger partial charge in [0.1, 0.15) is 6.33 Å². The molecule has 86 valence electrons. The van der Waals surface area contributed by atoms with Crippen molar-refractivity contribution in [2.45, 2.75) is 0 Å². The fraction of sp³-hybridized carbons (Fsp3) is 0. The molecule has 1 aromatic carbocycles. The Morgan fingerprint density at radius 3 is 2.94 bits per heavy atom. The highest BCUT2D eigenvalue weighted by Crippen LogP contribution is 2.06. The van der Waals surface area contributed by atoms with E-state index in [1.807, 2.05) is 0 Å². The molecular formula is C10H8N4O2S. The van der Waals surface area contributed by atoms with Gasteiger partial charge < -0.3 is 5.11 Å². The van der Waals surface area contributed by atoms with Crippen LogP contribution in [0, 0.1) is 4.77 Å². The van der Waals surface area contributed by atoms with Gasteiger partial charge in [-0.15, -0.1) is 0 Å². The van der Waals surface area contributed by atoms with E-state index in [1.165, 1.54) is 23.3 Å². The quantitative estimate of drug-likeness (QED) is 0.637. The van der Waals surface area contributed by atoms with E-state index in [-0.39, 0.29) is 5.56 Å². The molecule has 2 N–H and O–H groups in total. The zero-order valence-corrected chi connectivity index (χ0v) is 9.39. The van der Waals surface area contributed by atoms with Crippen molar-refractivity contribution < 1.29 is 9.90 Å². The number of carbonyl (C=O) groups is 1. The molecule has 6 nitrogen and oxygen atoms in total. The maximum atomic E-state index is 10.9. The van der Waals surface area contributed by atoms with Crippen LogP contribution in [0.3, 0.4) is 0 Å². The van der Waals surface area contributed by atoms with Crippen LogP contribution in [0.15, 0.2) is 35.7 Å². The Morgan fingerprint density at radius 2 is 2.29 bits per heavy atom. The first-order valence-corrected chi connectivity index (χ1v) is 5.08. The van der Waals surface area contributed by atoms with Crippen molar-refractivity contribution in [1.29, 1.82) is 0 Å². The van der Waals surface area contributed by atoms with Gasteiger partial charge in [-0.1, -0.05) is 18.2 Å². The number of carboxylic acids is 1. The van der Waals surface area contributed by atoms with Crippen molar-refractivity contribution in [3.05, 3.63) is 46.5 Å². The largest absolute Gasteiger partial charge is 0.478 e. The van der Waals surface area contributed by atoms with Gasteiger partial charge in [0.2, 0.25) is 4.77 Å². The smallest absolute Gasteiger partial charge is 0.336 e. The zero-order chi connectivity index (χ0) is 12.3. The maximum Gasteiger partial charge on any atom is 0.336 e. The number of rotatable bonds is 3. The monoisotopic (exact) mass is 248 g/mol. The highest BCUT2D eigenvalue weighted by molar-refractivity contribution is 7.71. The van der Waals surface area contributed by atoms with Crippen LogP contribution >= 0.6 is 12.2 Å². The van der Waals surface area contributed by atoms with E-state index >= 15 is 0 Å². The average Bonchev–Trinajstić information content (AvgIpc) is 2.72. The SMILES string of the molecule is O=C(O)c1ccccc1/C=N\n1cn[nH]c1=S. The van der Waals surface area contributed by atoms with Gasteiger partial charge in [-0.2, -0.15) is 14.9 Å². The van der Waals surface area contributed by atoms with E-state index in [4.69, 9.17) is 17.3 Å². The van der Waals surface area contributed by atoms with Crippen LogP contribution in [0.2, 0.25) is 0 Å². The van der Waals surface area contributed by atoms with Crippen molar-refractivity contribution >= 4 is 24.4 Å². The Morgan fingerprint density at radius 1 is 1.53 bits per heavy atom. The zero-order valence-electron chi connectivity index (χ0n) is 8.57. The van der Waals surface area contributed by atoms with Crippen LogP contribution in [0.5, 0.6) is 0 Å². The van der Waals surface area contributed by atoms with Crippen molar-refractivity contribution in [3.8, 4) is 0 Å². The number of aromatic carboxylic acids is 1. The van der Waals surface area contributed by atoms with Gasteiger partial charge in [0, 0.05) is 5.56 Å². The Labute approximate surface area is 101 Å². The molecule has 0 radical (unpaired) electrons. The molecule has 0 atom stereocenters. The molecule has 1 heterocycles. The van der Waals surface area contributed by atoms with Gasteiger partial charge in [-0.25, -0.2) is 4.79 Å². The third-order valence-electron chi connectivity index (χ3n) is 2.05. The molecule has 7 heteroatoms. The summed E-state index contributed by atoms with van der Waals surface area (Å²) < 4.78 is 1.68. The first-order chi connectivity index (χ1) is 8.18. The first kappa shape index (κ1) is 11.2. The molecule has 0 bridgehead atoms. The van der Waals surface area contributed by atoms with Gasteiger partial charge in [-0.3, -0.25) is 5.10 Å². The number of aromatic nitrogens is 3. The molecule has 2 aromatic rings. The summed E-state index contributed by atoms with van der Waals surface area (Å²) in [5, 5.41) is 19.2. The van der Waals surface area contributed by atoms with Crippen molar-refractivity contribution in [2.75, 3.05) is 0 Å². The topological polar surface area (TPSA) is 83.3 Å². The molecule has 0 spiro atoms. The van der Waals surface area contributed by atoms with Crippen LogP contribution in [0.25, 0.3) is 0 Å². The molecule has 2 rings (SSSR count). The third kappa shape index (κ3) is 2.45. The molecule has 1 aromatic heterocycles. The van der Waals surface area contributed by atoms with E-state index in [0.717, 1.165) is 0 Å². The molecule has 0 saturated carbocycles. The Balaban J connectivity index is 2.37. The Bertz CT molecular complexity index is 629. The van der Waals surface area contributed by atoms with Crippen molar-refractivity contribution in [2.24, 2.45) is 5.10 Å². The van der Waals surface area contributed by atoms with Gasteiger partial charge in [-0.05, 0) is 18.3 Å². The Hall–Kier alpha value is -2.28. The highest BCUT2D eigenvalue weighted by atomic mass is 32.1. The Kier molecular flexibility index (Phi) is 3.10. The van der Waals surface area contributed by atoms with Crippen LogP contribution in [-0.4, -0.2) is 32.2 Å². The van der Waals surface area contributed by atoms with Crippen molar-refractivity contribution in [3.63, 3.8) is 0 Å². The molecule has 0 aliphatic heterocycles. The molecule has 0 amide bonds. The molecule has 0 fully saturated rings. The van der Waals surface area contributed by atoms with Gasteiger partial charge in [0.15, 0.2) is 0 Å². The lowest BCUT2D eigenvalue weighted by Gasteiger charge is -1.98. The lowest BCUT2D eigenvalue weighted by Crippen LogP contribution is -2.02. The first-order valence-electron chi connectivity index (χ1n) is 4.67. The number of benzene rings is 1. The van der Waals surface area contributed by atoms with Gasteiger partial charge in [0.25, 0.3) is 0 Å². The molecule has 0 aliphatic rings. The second-order valence-corrected chi connectivity index (χ2v) is 3.53. The van der Waals surface area contributed by atoms with Crippen LogP contribution < -0.4 is 0 Å². The molecule has 0 aliphatic carbocycles. The highest BCUT2D eigenvalue weighted by Gasteiger charge is 2.06. The predicted molar refractivity (Wildman–Crippen MR) is 63.8 cm³/mol. The summed E-state index contributed by atoms with van der Waals surface area (Å²) in [5.74, 6) is -0.997. The number of H-pyrrole nitrogens is 1. The average molecular weight is 248 g/mol. The summed E-state index contributed by atoms with van der Waals surface area (Å²) in [5.41, 5.74) is 0.689. The van der Waals surface area contributed by atoms with Gasteiger partial charge >= 0.3 is 5.97 Å². The number of nitrogens with zero attached hydrogens (tertiary/aromatic N) is 3. The number of hydrogen-bond acceptors (Lipinski definition) is 4. The second kappa shape index (κ2) is 4.71. The van der Waals surface area contributed by atoms with E-state index in [1.54, 1.807) is 18.2 Å². The van der Waals surface area contributed by atoms with E-state index in [2.05, 4.69) is 15.3 Å². The van der Waals surface area contributed by atoms with Crippen molar-refractivity contribution in [1.82, 2.24) is 14.9 Å². The molecule has 0 unspecified atom stereocenters. The standard InChI is InChI=1S/C10H8N4O2S/c15-9(16)8-4-2-1-3-7(8)5-12-14-6-11-13-10(14)17/h1-6H,(H,13,17)(H,15,16)/b12-5-. The third-order valence-corrected chi connectivity index (χ3v) is 2.33. The summed E-state index contributed by atoms with van der Waals surface area (Å²) in [6.07, 6.45) is 2.83. The van der Waals surface area contributed by atoms with Crippen LogP contribution in [-0.2, 0) is 0 Å². The fourth-order valence-electron chi connectivity index (χ4n) is 1.25. The summed E-state index contributed by atoms with van der Waals surface area (Å²) >= 11 is 4.90. The molecule has 17 heavy (non-hydrogen) atoms. The second-order valence-electron chi connectivity index (χ2n) is 3.14.